The Morgan fingerprint density at radius 2 is 2.00 bits per heavy atom. The molecule has 0 saturated carbocycles. The van der Waals surface area contributed by atoms with E-state index in [0.29, 0.717) is 15.7 Å². The van der Waals surface area contributed by atoms with Crippen molar-refractivity contribution in [3.8, 4) is 0 Å². The molecule has 0 heterocycles. The van der Waals surface area contributed by atoms with E-state index in [1.54, 1.807) is 18.2 Å². The molecule has 1 amide bonds. The average Bonchev–Trinajstić information content (AvgIpc) is 2.43. The van der Waals surface area contributed by atoms with Gasteiger partial charge in [0.05, 0.1) is 16.0 Å². The van der Waals surface area contributed by atoms with E-state index in [2.05, 4.69) is 5.32 Å². The molecule has 116 valence electrons. The molecule has 1 rings (SSSR count). The van der Waals surface area contributed by atoms with E-state index < -0.39 is 0 Å². The largest absolute Gasteiger partial charge is 0.358 e. The third-order valence-corrected chi connectivity index (χ3v) is 4.98. The van der Waals surface area contributed by atoms with E-state index in [1.165, 1.54) is 11.8 Å². The molecule has 1 atom stereocenters. The van der Waals surface area contributed by atoms with Gasteiger partial charge in [0.15, 0.2) is 0 Å². The highest BCUT2D eigenvalue weighted by molar-refractivity contribution is 8.23. The fourth-order valence-corrected chi connectivity index (χ4v) is 3.61. The molecule has 0 spiro atoms. The third kappa shape index (κ3) is 5.66. The highest BCUT2D eigenvalue weighted by Gasteiger charge is 2.19. The summed E-state index contributed by atoms with van der Waals surface area (Å²) in [7, 11) is 0. The van der Waals surface area contributed by atoms with Gasteiger partial charge in [0, 0.05) is 18.1 Å². The van der Waals surface area contributed by atoms with Crippen LogP contribution in [0.2, 0.25) is 10.0 Å². The second-order valence-corrected chi connectivity index (χ2v) is 7.13. The van der Waals surface area contributed by atoms with E-state index in [-0.39, 0.29) is 11.2 Å². The molecular formula is C14H18Cl2N2OS2. The van der Waals surface area contributed by atoms with E-state index in [1.807, 2.05) is 25.7 Å². The van der Waals surface area contributed by atoms with Crippen LogP contribution in [-0.4, -0.2) is 33.5 Å². The number of thioether (sulfide) groups is 1. The summed E-state index contributed by atoms with van der Waals surface area (Å²) >= 11 is 18.6. The number of nitrogens with zero attached hydrogens (tertiary/aromatic N) is 1. The quantitative estimate of drug-likeness (QED) is 0.768. The van der Waals surface area contributed by atoms with Gasteiger partial charge in [-0.05, 0) is 39.0 Å². The molecule has 0 fully saturated rings. The minimum atomic E-state index is -0.301. The fraction of sp³-hybridized carbons (Fsp3) is 0.429. The van der Waals surface area contributed by atoms with Gasteiger partial charge in [-0.3, -0.25) is 4.79 Å². The Morgan fingerprint density at radius 1 is 1.38 bits per heavy atom. The summed E-state index contributed by atoms with van der Waals surface area (Å²) in [6, 6.07) is 4.96. The topological polar surface area (TPSA) is 32.3 Å². The average molecular weight is 365 g/mol. The molecule has 1 aromatic rings. The Labute approximate surface area is 145 Å². The first-order chi connectivity index (χ1) is 9.88. The molecule has 1 N–H and O–H groups in total. The minimum absolute atomic E-state index is 0.140. The Kier molecular flexibility index (Phi) is 7.81. The second-order valence-electron chi connectivity index (χ2n) is 4.31. The molecule has 0 saturated heterocycles. The van der Waals surface area contributed by atoms with Crippen molar-refractivity contribution in [2.24, 2.45) is 0 Å². The van der Waals surface area contributed by atoms with Crippen molar-refractivity contribution in [2.75, 3.05) is 18.4 Å². The van der Waals surface area contributed by atoms with Crippen LogP contribution in [0.3, 0.4) is 0 Å². The van der Waals surface area contributed by atoms with Gasteiger partial charge < -0.3 is 10.2 Å². The van der Waals surface area contributed by atoms with Crippen molar-refractivity contribution < 1.29 is 4.79 Å². The van der Waals surface area contributed by atoms with E-state index >= 15 is 0 Å². The van der Waals surface area contributed by atoms with Crippen molar-refractivity contribution in [2.45, 2.75) is 26.0 Å². The lowest BCUT2D eigenvalue weighted by molar-refractivity contribution is -0.115. The summed E-state index contributed by atoms with van der Waals surface area (Å²) in [6.45, 7) is 7.56. The number of carbonyl (C=O) groups is 1. The van der Waals surface area contributed by atoms with Crippen LogP contribution in [0.1, 0.15) is 20.8 Å². The number of anilines is 1. The number of hydrogen-bond donors (Lipinski definition) is 1. The first-order valence-electron chi connectivity index (χ1n) is 6.60. The van der Waals surface area contributed by atoms with Crippen LogP contribution in [0.4, 0.5) is 5.69 Å². The zero-order valence-corrected chi connectivity index (χ0v) is 15.3. The van der Waals surface area contributed by atoms with E-state index in [9.17, 15) is 4.79 Å². The highest BCUT2D eigenvalue weighted by atomic mass is 35.5. The molecule has 0 bridgehead atoms. The predicted octanol–water partition coefficient (Wildman–Crippen LogP) is 4.68. The number of carbonyl (C=O) groups excluding carboxylic acids is 1. The van der Waals surface area contributed by atoms with Gasteiger partial charge in [-0.15, -0.1) is 0 Å². The van der Waals surface area contributed by atoms with Gasteiger partial charge in [-0.25, -0.2) is 0 Å². The number of rotatable bonds is 5. The van der Waals surface area contributed by atoms with Gasteiger partial charge in [0.2, 0.25) is 5.91 Å². The summed E-state index contributed by atoms with van der Waals surface area (Å²) in [5.41, 5.74) is 0.548. The first-order valence-corrected chi connectivity index (χ1v) is 8.64. The zero-order chi connectivity index (χ0) is 16.0. The summed E-state index contributed by atoms with van der Waals surface area (Å²) in [5, 5.41) is 3.43. The summed E-state index contributed by atoms with van der Waals surface area (Å²) in [4.78, 5) is 14.2. The zero-order valence-electron chi connectivity index (χ0n) is 12.2. The molecule has 1 aromatic carbocycles. The summed E-state index contributed by atoms with van der Waals surface area (Å²) < 4.78 is 0.727. The van der Waals surface area contributed by atoms with E-state index in [0.717, 1.165) is 17.4 Å². The Balaban J connectivity index is 2.64. The maximum atomic E-state index is 12.2. The van der Waals surface area contributed by atoms with Gasteiger partial charge in [-0.2, -0.15) is 0 Å². The molecule has 21 heavy (non-hydrogen) atoms. The normalized spacial score (nSPS) is 11.9. The maximum absolute atomic E-state index is 12.2. The van der Waals surface area contributed by atoms with Crippen molar-refractivity contribution in [3.05, 3.63) is 28.2 Å². The minimum Gasteiger partial charge on any atom is -0.358 e. The van der Waals surface area contributed by atoms with Crippen molar-refractivity contribution in [1.29, 1.82) is 0 Å². The third-order valence-electron chi connectivity index (χ3n) is 2.86. The van der Waals surface area contributed by atoms with Crippen LogP contribution < -0.4 is 5.32 Å². The van der Waals surface area contributed by atoms with Crippen LogP contribution in [0, 0.1) is 0 Å². The molecule has 0 radical (unpaired) electrons. The Bertz CT molecular complexity index is 522. The van der Waals surface area contributed by atoms with Crippen molar-refractivity contribution in [3.63, 3.8) is 0 Å². The van der Waals surface area contributed by atoms with Crippen LogP contribution >= 0.6 is 47.2 Å². The molecule has 7 heteroatoms. The molecular weight excluding hydrogens is 347 g/mol. The van der Waals surface area contributed by atoms with E-state index in [4.69, 9.17) is 35.4 Å². The van der Waals surface area contributed by atoms with Gasteiger partial charge in [0.25, 0.3) is 0 Å². The molecule has 0 aliphatic rings. The number of halogens is 2. The molecule has 0 aliphatic carbocycles. The van der Waals surface area contributed by atoms with Gasteiger partial charge >= 0.3 is 0 Å². The Hall–Kier alpha value is -0.490. The summed E-state index contributed by atoms with van der Waals surface area (Å²) in [5.74, 6) is -0.140. The van der Waals surface area contributed by atoms with Crippen molar-refractivity contribution in [1.82, 2.24) is 4.90 Å². The first kappa shape index (κ1) is 18.6. The maximum Gasteiger partial charge on any atom is 0.237 e. The van der Waals surface area contributed by atoms with Crippen LogP contribution in [0.15, 0.2) is 18.2 Å². The standard InChI is InChI=1S/C14H18Cl2N2OS2/c1-4-18(5-2)14(20)21-9(3)13(19)17-12-7-6-10(15)8-11(12)16/h6-9H,4-5H2,1-3H3,(H,17,19)/t9-/m0/s1. The fourth-order valence-electron chi connectivity index (χ4n) is 1.59. The van der Waals surface area contributed by atoms with Crippen LogP contribution in [-0.2, 0) is 4.79 Å². The molecule has 0 aromatic heterocycles. The number of benzene rings is 1. The lowest BCUT2D eigenvalue weighted by Crippen LogP contribution is -2.31. The highest BCUT2D eigenvalue weighted by Crippen LogP contribution is 2.26. The van der Waals surface area contributed by atoms with Crippen LogP contribution in [0.25, 0.3) is 0 Å². The SMILES string of the molecule is CCN(CC)C(=S)S[C@@H](C)C(=O)Nc1ccc(Cl)cc1Cl. The second kappa shape index (κ2) is 8.83. The summed E-state index contributed by atoms with van der Waals surface area (Å²) in [6.07, 6.45) is 0. The van der Waals surface area contributed by atoms with Crippen molar-refractivity contribution >= 4 is 63.1 Å². The lowest BCUT2D eigenvalue weighted by atomic mass is 10.3. The molecule has 0 aliphatic heterocycles. The number of nitrogens with one attached hydrogen (secondary N) is 1. The smallest absolute Gasteiger partial charge is 0.237 e. The van der Waals surface area contributed by atoms with Crippen LogP contribution in [0.5, 0.6) is 0 Å². The number of hydrogen-bond acceptors (Lipinski definition) is 3. The molecule has 3 nitrogen and oxygen atoms in total. The number of thiocarbonyl (C=S) groups is 1. The monoisotopic (exact) mass is 364 g/mol. The molecule has 0 unspecified atom stereocenters. The number of amides is 1. The van der Waals surface area contributed by atoms with Gasteiger partial charge in [0.1, 0.15) is 4.32 Å². The lowest BCUT2D eigenvalue weighted by Gasteiger charge is -2.23. The van der Waals surface area contributed by atoms with Gasteiger partial charge in [-0.1, -0.05) is 47.2 Å². The Morgan fingerprint density at radius 3 is 2.52 bits per heavy atom. The predicted molar refractivity (Wildman–Crippen MR) is 97.7 cm³/mol.